The maximum atomic E-state index is 6.64. The summed E-state index contributed by atoms with van der Waals surface area (Å²) in [5.41, 5.74) is 14.6. The molecule has 0 saturated carbocycles. The third-order valence-electron chi connectivity index (χ3n) is 10.5. The fourth-order valence-corrected chi connectivity index (χ4v) is 7.75. The molecule has 0 spiro atoms. The molecular weight excluding hydrogens is 655 g/mol. The van der Waals surface area contributed by atoms with Gasteiger partial charge in [-0.15, -0.1) is 0 Å². The first-order valence-corrected chi connectivity index (χ1v) is 18.4. The number of anilines is 3. The Balaban J connectivity index is 1.08. The van der Waals surface area contributed by atoms with Crippen LogP contribution < -0.4 is 4.90 Å². The molecule has 0 amide bonds. The molecule has 10 aromatic rings. The lowest BCUT2D eigenvalue weighted by molar-refractivity contribution is 0.672. The van der Waals surface area contributed by atoms with Crippen LogP contribution in [0.2, 0.25) is 0 Å². The molecule has 1 aromatic heterocycles. The predicted molar refractivity (Wildman–Crippen MR) is 228 cm³/mol. The monoisotopic (exact) mass is 689 g/mol. The maximum absolute atomic E-state index is 6.64. The van der Waals surface area contributed by atoms with E-state index in [-0.39, 0.29) is 0 Å². The van der Waals surface area contributed by atoms with Crippen LogP contribution in [0.4, 0.5) is 17.1 Å². The first-order valence-electron chi connectivity index (χ1n) is 18.4. The van der Waals surface area contributed by atoms with Crippen LogP contribution in [0, 0.1) is 0 Å². The zero-order chi connectivity index (χ0) is 35.8. The summed E-state index contributed by atoms with van der Waals surface area (Å²) < 4.78 is 6.64. The van der Waals surface area contributed by atoms with Crippen molar-refractivity contribution in [1.82, 2.24) is 0 Å². The van der Waals surface area contributed by atoms with Gasteiger partial charge in [-0.2, -0.15) is 0 Å². The number of hydrogen-bond donors (Lipinski definition) is 0. The Morgan fingerprint density at radius 1 is 0.315 bits per heavy atom. The highest BCUT2D eigenvalue weighted by Crippen LogP contribution is 2.45. The van der Waals surface area contributed by atoms with Crippen LogP contribution in [-0.4, -0.2) is 0 Å². The summed E-state index contributed by atoms with van der Waals surface area (Å²) in [5, 5.41) is 4.49. The van der Waals surface area contributed by atoms with E-state index < -0.39 is 0 Å². The Morgan fingerprint density at radius 3 is 1.39 bits per heavy atom. The highest BCUT2D eigenvalue weighted by atomic mass is 16.3. The number of benzene rings is 9. The summed E-state index contributed by atoms with van der Waals surface area (Å²) >= 11 is 0. The molecule has 1 heterocycles. The van der Waals surface area contributed by atoms with Crippen LogP contribution >= 0.6 is 0 Å². The van der Waals surface area contributed by atoms with E-state index in [1.807, 2.05) is 0 Å². The fraction of sp³-hybridized carbons (Fsp3) is 0. The summed E-state index contributed by atoms with van der Waals surface area (Å²) in [5.74, 6) is 0. The van der Waals surface area contributed by atoms with Gasteiger partial charge in [0.2, 0.25) is 0 Å². The van der Waals surface area contributed by atoms with Crippen LogP contribution in [-0.2, 0) is 0 Å². The standard InChI is InChI=1S/C52H35NO/c1-3-11-36(12-4-1)38-21-23-39(24-22-38)40-25-30-45(31-26-40)53(46-32-27-41(28-33-46)44-17-9-16-43(35-44)37-13-5-2-6-14-37)49-19-10-20-50-51(49)48-34-29-42-15-7-8-18-47(42)52(48)54-50/h1-35H. The van der Waals surface area contributed by atoms with Crippen molar-refractivity contribution in [2.75, 3.05) is 4.90 Å². The quantitative estimate of drug-likeness (QED) is 0.166. The van der Waals surface area contributed by atoms with Crippen LogP contribution in [0.25, 0.3) is 77.2 Å². The normalized spacial score (nSPS) is 11.3. The van der Waals surface area contributed by atoms with Gasteiger partial charge in [-0.1, -0.05) is 164 Å². The second-order valence-electron chi connectivity index (χ2n) is 13.7. The van der Waals surface area contributed by atoms with E-state index >= 15 is 0 Å². The molecule has 0 bridgehead atoms. The van der Waals surface area contributed by atoms with E-state index in [4.69, 9.17) is 4.42 Å². The van der Waals surface area contributed by atoms with Gasteiger partial charge in [0.25, 0.3) is 0 Å². The Bertz CT molecular complexity index is 2890. The minimum atomic E-state index is 0.869. The van der Waals surface area contributed by atoms with Crippen LogP contribution in [0.5, 0.6) is 0 Å². The molecule has 0 aliphatic rings. The van der Waals surface area contributed by atoms with Gasteiger partial charge in [-0.3, -0.25) is 0 Å². The van der Waals surface area contributed by atoms with E-state index in [9.17, 15) is 0 Å². The second-order valence-corrected chi connectivity index (χ2v) is 13.7. The average Bonchev–Trinajstić information content (AvgIpc) is 3.65. The molecule has 254 valence electrons. The third-order valence-corrected chi connectivity index (χ3v) is 10.5. The maximum Gasteiger partial charge on any atom is 0.143 e. The van der Waals surface area contributed by atoms with Crippen molar-refractivity contribution in [2.45, 2.75) is 0 Å². The van der Waals surface area contributed by atoms with Crippen molar-refractivity contribution < 1.29 is 4.42 Å². The summed E-state index contributed by atoms with van der Waals surface area (Å²) in [4.78, 5) is 2.36. The Labute approximate surface area is 314 Å². The topological polar surface area (TPSA) is 16.4 Å². The van der Waals surface area contributed by atoms with Crippen LogP contribution in [0.3, 0.4) is 0 Å². The lowest BCUT2D eigenvalue weighted by Gasteiger charge is -2.26. The zero-order valence-corrected chi connectivity index (χ0v) is 29.6. The van der Waals surface area contributed by atoms with Gasteiger partial charge in [0.1, 0.15) is 11.2 Å². The molecule has 0 saturated heterocycles. The number of hydrogen-bond acceptors (Lipinski definition) is 2. The Hall–Kier alpha value is -7.16. The summed E-state index contributed by atoms with van der Waals surface area (Å²) in [7, 11) is 0. The molecule has 0 N–H and O–H groups in total. The van der Waals surface area contributed by atoms with Gasteiger partial charge in [0, 0.05) is 22.1 Å². The van der Waals surface area contributed by atoms with Crippen molar-refractivity contribution in [2.24, 2.45) is 0 Å². The molecule has 0 fully saturated rings. The lowest BCUT2D eigenvalue weighted by atomic mass is 9.98. The van der Waals surface area contributed by atoms with E-state index in [1.165, 1.54) is 49.9 Å². The SMILES string of the molecule is c1ccc(-c2ccc(-c3ccc(N(c4ccc(-c5cccc(-c6ccccc6)c5)cc4)c4cccc5oc6c7ccccc7ccc6c45)cc3)cc2)cc1. The number of furan rings is 1. The Morgan fingerprint density at radius 2 is 0.778 bits per heavy atom. The van der Waals surface area contributed by atoms with Crippen LogP contribution in [0.1, 0.15) is 0 Å². The average molecular weight is 690 g/mol. The molecule has 0 aliphatic heterocycles. The lowest BCUT2D eigenvalue weighted by Crippen LogP contribution is -2.10. The van der Waals surface area contributed by atoms with E-state index in [0.29, 0.717) is 0 Å². The number of nitrogens with zero attached hydrogens (tertiary/aromatic N) is 1. The highest BCUT2D eigenvalue weighted by Gasteiger charge is 2.20. The molecular formula is C52H35NO. The second kappa shape index (κ2) is 13.4. The van der Waals surface area contributed by atoms with E-state index in [0.717, 1.165) is 44.4 Å². The van der Waals surface area contributed by atoms with E-state index in [1.54, 1.807) is 0 Å². The summed E-state index contributed by atoms with van der Waals surface area (Å²) in [6.45, 7) is 0. The summed E-state index contributed by atoms with van der Waals surface area (Å²) in [6, 6.07) is 75.8. The van der Waals surface area contributed by atoms with Crippen molar-refractivity contribution in [1.29, 1.82) is 0 Å². The van der Waals surface area contributed by atoms with Crippen molar-refractivity contribution in [3.05, 3.63) is 212 Å². The molecule has 54 heavy (non-hydrogen) atoms. The first-order chi connectivity index (χ1) is 26.8. The van der Waals surface area contributed by atoms with E-state index in [2.05, 4.69) is 217 Å². The molecule has 0 radical (unpaired) electrons. The predicted octanol–water partition coefficient (Wildman–Crippen LogP) is 14.9. The van der Waals surface area contributed by atoms with Crippen molar-refractivity contribution in [3.63, 3.8) is 0 Å². The largest absolute Gasteiger partial charge is 0.455 e. The molecule has 10 rings (SSSR count). The molecule has 0 aliphatic carbocycles. The Kier molecular flexibility index (Phi) is 7.85. The molecule has 0 unspecified atom stereocenters. The van der Waals surface area contributed by atoms with Gasteiger partial charge >= 0.3 is 0 Å². The molecule has 0 atom stereocenters. The highest BCUT2D eigenvalue weighted by molar-refractivity contribution is 6.19. The molecule has 2 heteroatoms. The fourth-order valence-electron chi connectivity index (χ4n) is 7.75. The molecule has 2 nitrogen and oxygen atoms in total. The smallest absolute Gasteiger partial charge is 0.143 e. The van der Waals surface area contributed by atoms with Gasteiger partial charge in [0.05, 0.1) is 11.1 Å². The van der Waals surface area contributed by atoms with Gasteiger partial charge in [0.15, 0.2) is 0 Å². The van der Waals surface area contributed by atoms with Gasteiger partial charge in [-0.05, 0) is 98.4 Å². The summed E-state index contributed by atoms with van der Waals surface area (Å²) in [6.07, 6.45) is 0. The van der Waals surface area contributed by atoms with Gasteiger partial charge in [-0.25, -0.2) is 0 Å². The molecule has 9 aromatic carbocycles. The third kappa shape index (κ3) is 5.71. The first kappa shape index (κ1) is 31.6. The number of rotatable bonds is 7. The van der Waals surface area contributed by atoms with Gasteiger partial charge < -0.3 is 9.32 Å². The minimum Gasteiger partial charge on any atom is -0.455 e. The minimum absolute atomic E-state index is 0.869. The number of fused-ring (bicyclic) bond motifs is 5. The zero-order valence-electron chi connectivity index (χ0n) is 29.6. The van der Waals surface area contributed by atoms with Crippen molar-refractivity contribution in [3.8, 4) is 44.5 Å². The van der Waals surface area contributed by atoms with Crippen molar-refractivity contribution >= 4 is 49.8 Å². The van der Waals surface area contributed by atoms with Crippen LogP contribution in [0.15, 0.2) is 217 Å².